The fraction of sp³-hybridized carbons (Fsp3) is 0.364. The Kier molecular flexibility index (Phi) is 5.46. The van der Waals surface area contributed by atoms with Crippen LogP contribution in [0, 0.1) is 5.92 Å². The van der Waals surface area contributed by atoms with Crippen LogP contribution < -0.4 is 14.8 Å². The van der Waals surface area contributed by atoms with Gasteiger partial charge in [-0.05, 0) is 36.6 Å². The molecule has 0 bridgehead atoms. The fourth-order valence-corrected chi connectivity index (χ4v) is 3.66. The van der Waals surface area contributed by atoms with Gasteiger partial charge in [0.05, 0.1) is 0 Å². The van der Waals surface area contributed by atoms with Crippen molar-refractivity contribution in [2.45, 2.75) is 19.4 Å². The number of carbonyl (C=O) groups excluding carboxylic acids is 2. The summed E-state index contributed by atoms with van der Waals surface area (Å²) >= 11 is 0. The van der Waals surface area contributed by atoms with E-state index in [1.54, 1.807) is 23.1 Å². The zero-order valence-electron chi connectivity index (χ0n) is 15.7. The van der Waals surface area contributed by atoms with Gasteiger partial charge in [0.2, 0.25) is 0 Å². The van der Waals surface area contributed by atoms with Gasteiger partial charge in [0.25, 0.3) is 0 Å². The molecule has 0 aromatic heterocycles. The lowest BCUT2D eigenvalue weighted by Crippen LogP contribution is -2.45. The number of hydrogen-bond donors (Lipinski definition) is 1. The highest BCUT2D eigenvalue weighted by Crippen LogP contribution is 2.32. The number of nitrogens with zero attached hydrogens (tertiary/aromatic N) is 1. The molecule has 2 aliphatic rings. The van der Waals surface area contributed by atoms with Crippen LogP contribution in [-0.2, 0) is 6.54 Å². The van der Waals surface area contributed by atoms with Crippen molar-refractivity contribution < 1.29 is 19.1 Å². The summed E-state index contributed by atoms with van der Waals surface area (Å²) in [7, 11) is 0. The monoisotopic (exact) mass is 380 g/mol. The maximum atomic E-state index is 12.9. The fourth-order valence-electron chi connectivity index (χ4n) is 3.66. The molecule has 28 heavy (non-hydrogen) atoms. The van der Waals surface area contributed by atoms with Gasteiger partial charge in [-0.3, -0.25) is 4.79 Å². The zero-order chi connectivity index (χ0) is 19.3. The number of ketones is 1. The Morgan fingerprint density at radius 3 is 2.43 bits per heavy atom. The minimum Gasteiger partial charge on any atom is -0.486 e. The number of piperidine rings is 1. The average molecular weight is 380 g/mol. The molecule has 1 saturated heterocycles. The van der Waals surface area contributed by atoms with E-state index in [0.29, 0.717) is 62.8 Å². The quantitative estimate of drug-likeness (QED) is 0.827. The van der Waals surface area contributed by atoms with Crippen LogP contribution in [0.5, 0.6) is 11.5 Å². The first kappa shape index (κ1) is 18.3. The predicted octanol–water partition coefficient (Wildman–Crippen LogP) is 3.26. The summed E-state index contributed by atoms with van der Waals surface area (Å²) in [6, 6.07) is 15.1. The van der Waals surface area contributed by atoms with E-state index in [1.807, 2.05) is 30.3 Å². The predicted molar refractivity (Wildman–Crippen MR) is 105 cm³/mol. The van der Waals surface area contributed by atoms with Crippen molar-refractivity contribution in [1.29, 1.82) is 0 Å². The van der Waals surface area contributed by atoms with E-state index in [1.165, 1.54) is 0 Å². The molecule has 1 fully saturated rings. The number of nitrogens with one attached hydrogen (secondary N) is 1. The lowest BCUT2D eigenvalue weighted by molar-refractivity contribution is 0.0853. The van der Waals surface area contributed by atoms with Crippen LogP contribution in [-0.4, -0.2) is 43.0 Å². The summed E-state index contributed by atoms with van der Waals surface area (Å²) in [5, 5.41) is 2.95. The molecule has 1 N–H and O–H groups in total. The Balaban J connectivity index is 1.30. The molecule has 0 spiro atoms. The summed E-state index contributed by atoms with van der Waals surface area (Å²) in [4.78, 5) is 27.0. The Hall–Kier alpha value is -3.02. The van der Waals surface area contributed by atoms with Crippen LogP contribution in [0.1, 0.15) is 28.8 Å². The normalized spacial score (nSPS) is 16.5. The molecular formula is C22H24N2O4. The minimum atomic E-state index is -0.0749. The third kappa shape index (κ3) is 4.11. The number of Topliss-reactive ketones (excluding diaryl/α,β-unsaturated/α-hetero) is 1. The Bertz CT molecular complexity index is 845. The molecule has 4 rings (SSSR count). The molecule has 0 aliphatic carbocycles. The number of fused-ring (bicyclic) bond motifs is 1. The SMILES string of the molecule is O=C(c1ccc2c(c1)OCCO2)C1CCN(C(=O)NCc2ccccc2)CC1. The summed E-state index contributed by atoms with van der Waals surface area (Å²) in [6.45, 7) is 2.71. The average Bonchev–Trinajstić information content (AvgIpc) is 2.77. The first-order valence-electron chi connectivity index (χ1n) is 9.71. The number of amides is 2. The Morgan fingerprint density at radius 1 is 0.964 bits per heavy atom. The smallest absolute Gasteiger partial charge is 0.317 e. The standard InChI is InChI=1S/C22H24N2O4/c25-21(18-6-7-19-20(14-18)28-13-12-27-19)17-8-10-24(11-9-17)22(26)23-15-16-4-2-1-3-5-16/h1-7,14,17H,8-13,15H2,(H,23,26). The number of urea groups is 1. The topological polar surface area (TPSA) is 67.9 Å². The van der Waals surface area contributed by atoms with Crippen molar-refractivity contribution in [3.63, 3.8) is 0 Å². The van der Waals surface area contributed by atoms with Crippen LogP contribution in [0.4, 0.5) is 4.79 Å². The highest BCUT2D eigenvalue weighted by atomic mass is 16.6. The molecule has 0 unspecified atom stereocenters. The zero-order valence-corrected chi connectivity index (χ0v) is 15.7. The van der Waals surface area contributed by atoms with Crippen molar-refractivity contribution in [3.8, 4) is 11.5 Å². The second-order valence-electron chi connectivity index (χ2n) is 7.13. The van der Waals surface area contributed by atoms with Crippen molar-refractivity contribution >= 4 is 11.8 Å². The van der Waals surface area contributed by atoms with Gasteiger partial charge in [0, 0.05) is 31.1 Å². The van der Waals surface area contributed by atoms with Crippen LogP contribution in [0.3, 0.4) is 0 Å². The first-order valence-corrected chi connectivity index (χ1v) is 9.71. The highest BCUT2D eigenvalue weighted by molar-refractivity contribution is 5.98. The summed E-state index contributed by atoms with van der Waals surface area (Å²) in [5.74, 6) is 1.37. The second kappa shape index (κ2) is 8.33. The third-order valence-corrected chi connectivity index (χ3v) is 5.27. The van der Waals surface area contributed by atoms with Crippen molar-refractivity contribution in [2.75, 3.05) is 26.3 Å². The van der Waals surface area contributed by atoms with E-state index < -0.39 is 0 Å². The molecule has 0 atom stereocenters. The maximum absolute atomic E-state index is 12.9. The van der Waals surface area contributed by atoms with Gasteiger partial charge in [-0.1, -0.05) is 30.3 Å². The molecular weight excluding hydrogens is 356 g/mol. The largest absolute Gasteiger partial charge is 0.486 e. The second-order valence-corrected chi connectivity index (χ2v) is 7.13. The van der Waals surface area contributed by atoms with Crippen LogP contribution in [0.15, 0.2) is 48.5 Å². The van der Waals surface area contributed by atoms with Gasteiger partial charge in [-0.15, -0.1) is 0 Å². The van der Waals surface area contributed by atoms with Gasteiger partial charge >= 0.3 is 6.03 Å². The molecule has 0 saturated carbocycles. The Labute approximate surface area is 164 Å². The number of carbonyl (C=O) groups is 2. The van der Waals surface area contributed by atoms with Gasteiger partial charge in [-0.25, -0.2) is 4.79 Å². The minimum absolute atomic E-state index is 0.0688. The number of hydrogen-bond acceptors (Lipinski definition) is 4. The van der Waals surface area contributed by atoms with E-state index >= 15 is 0 Å². The van der Waals surface area contributed by atoms with E-state index in [9.17, 15) is 9.59 Å². The molecule has 0 radical (unpaired) electrons. The van der Waals surface area contributed by atoms with E-state index in [4.69, 9.17) is 9.47 Å². The van der Waals surface area contributed by atoms with Crippen LogP contribution in [0.2, 0.25) is 0 Å². The number of ether oxygens (including phenoxy) is 2. The van der Waals surface area contributed by atoms with Crippen LogP contribution >= 0.6 is 0 Å². The maximum Gasteiger partial charge on any atom is 0.317 e. The summed E-state index contributed by atoms with van der Waals surface area (Å²) < 4.78 is 11.1. The summed E-state index contributed by atoms with van der Waals surface area (Å²) in [5.41, 5.74) is 1.72. The van der Waals surface area contributed by atoms with Crippen molar-refractivity contribution in [3.05, 3.63) is 59.7 Å². The van der Waals surface area contributed by atoms with Gasteiger partial charge in [0.1, 0.15) is 13.2 Å². The van der Waals surface area contributed by atoms with Gasteiger partial charge in [-0.2, -0.15) is 0 Å². The lowest BCUT2D eigenvalue weighted by atomic mass is 9.89. The molecule has 6 heteroatoms. The summed E-state index contributed by atoms with van der Waals surface area (Å²) in [6.07, 6.45) is 1.35. The molecule has 2 heterocycles. The van der Waals surface area contributed by atoms with Crippen LogP contribution in [0.25, 0.3) is 0 Å². The van der Waals surface area contributed by atoms with Gasteiger partial charge in [0.15, 0.2) is 17.3 Å². The molecule has 6 nitrogen and oxygen atoms in total. The van der Waals surface area contributed by atoms with E-state index in [2.05, 4.69) is 5.32 Å². The van der Waals surface area contributed by atoms with E-state index in [-0.39, 0.29) is 17.7 Å². The molecule has 2 aliphatic heterocycles. The number of rotatable bonds is 4. The lowest BCUT2D eigenvalue weighted by Gasteiger charge is -2.31. The Morgan fingerprint density at radius 2 is 1.68 bits per heavy atom. The molecule has 2 aromatic rings. The van der Waals surface area contributed by atoms with Crippen molar-refractivity contribution in [2.24, 2.45) is 5.92 Å². The van der Waals surface area contributed by atoms with Crippen molar-refractivity contribution in [1.82, 2.24) is 10.2 Å². The molecule has 2 aromatic carbocycles. The molecule has 2 amide bonds. The van der Waals surface area contributed by atoms with E-state index in [0.717, 1.165) is 5.56 Å². The number of likely N-dealkylation sites (tertiary alicyclic amines) is 1. The number of benzene rings is 2. The molecule has 146 valence electrons. The highest BCUT2D eigenvalue weighted by Gasteiger charge is 2.28. The third-order valence-electron chi connectivity index (χ3n) is 5.27. The van der Waals surface area contributed by atoms with Gasteiger partial charge < -0.3 is 19.7 Å². The first-order chi connectivity index (χ1) is 13.7.